The van der Waals surface area contributed by atoms with Gasteiger partial charge in [0.1, 0.15) is 6.04 Å². The lowest BCUT2D eigenvalue weighted by Crippen LogP contribution is -2.51. The van der Waals surface area contributed by atoms with E-state index in [-0.39, 0.29) is 11.8 Å². The Kier molecular flexibility index (Phi) is 6.53. The highest BCUT2D eigenvalue weighted by Gasteiger charge is 2.27. The molecule has 2 amide bonds. The molecule has 1 unspecified atom stereocenters. The van der Waals surface area contributed by atoms with Crippen molar-refractivity contribution in [1.29, 1.82) is 0 Å². The maximum Gasteiger partial charge on any atom is 0.407 e. The van der Waals surface area contributed by atoms with Gasteiger partial charge in [-0.2, -0.15) is 0 Å². The molecule has 0 fully saturated rings. The lowest BCUT2D eigenvalue weighted by Gasteiger charge is -2.27. The first kappa shape index (κ1) is 14.7. The van der Waals surface area contributed by atoms with Gasteiger partial charge in [0.2, 0.25) is 5.91 Å². The van der Waals surface area contributed by atoms with Crippen molar-refractivity contribution in [1.82, 2.24) is 10.2 Å². The highest BCUT2D eigenvalue weighted by Crippen LogP contribution is 2.06. The number of hydrogen-bond acceptors (Lipinski definition) is 3. The number of rotatable bonds is 5. The molecule has 0 aliphatic rings. The number of carbonyl (C=O) groups is 2. The van der Waals surface area contributed by atoms with E-state index in [4.69, 9.17) is 0 Å². The van der Waals surface area contributed by atoms with Gasteiger partial charge in [0.15, 0.2) is 0 Å². The maximum absolute atomic E-state index is 12.1. The third-order valence-electron chi connectivity index (χ3n) is 2.47. The number of ether oxygens (including phenoxy) is 1. The second-order valence-electron chi connectivity index (χ2n) is 3.87. The number of carbonyl (C=O) groups excluding carboxylic acids is 2. The quantitative estimate of drug-likeness (QED) is 0.773. The fraction of sp³-hybridized carbons (Fsp3) is 0.818. The van der Waals surface area contributed by atoms with Gasteiger partial charge in [-0.05, 0) is 19.8 Å². The number of methoxy groups -OCH3 is 1. The zero-order chi connectivity index (χ0) is 12.7. The van der Waals surface area contributed by atoms with Gasteiger partial charge in [0, 0.05) is 13.1 Å². The molecule has 0 aliphatic heterocycles. The molecule has 0 bridgehead atoms. The summed E-state index contributed by atoms with van der Waals surface area (Å²) in [5.41, 5.74) is 0. The van der Waals surface area contributed by atoms with Gasteiger partial charge in [0.05, 0.1) is 7.11 Å². The van der Waals surface area contributed by atoms with Gasteiger partial charge >= 0.3 is 6.09 Å². The first-order chi connectivity index (χ1) is 7.47. The third kappa shape index (κ3) is 4.08. The number of nitrogens with one attached hydrogen (secondary N) is 1. The van der Waals surface area contributed by atoms with E-state index in [0.29, 0.717) is 13.1 Å². The number of amides is 2. The normalized spacial score (nSPS) is 12.1. The van der Waals surface area contributed by atoms with Crippen LogP contribution in [0.25, 0.3) is 0 Å². The topological polar surface area (TPSA) is 58.6 Å². The largest absolute Gasteiger partial charge is 0.453 e. The fourth-order valence-corrected chi connectivity index (χ4v) is 1.43. The Labute approximate surface area is 97.1 Å². The predicted octanol–water partition coefficient (Wildman–Crippen LogP) is 1.24. The highest BCUT2D eigenvalue weighted by molar-refractivity contribution is 5.85. The van der Waals surface area contributed by atoms with E-state index in [1.54, 1.807) is 4.90 Å². The van der Waals surface area contributed by atoms with Gasteiger partial charge in [-0.15, -0.1) is 0 Å². The van der Waals surface area contributed by atoms with Gasteiger partial charge < -0.3 is 15.0 Å². The standard InChI is InChI=1S/C11H22N2O3/c1-6-13(7-2)10(14)9(8(3)4)12-11(15)16-5/h8-9H,6-7H2,1-5H3,(H,12,15). The van der Waals surface area contributed by atoms with Crippen molar-refractivity contribution in [3.05, 3.63) is 0 Å². The van der Waals surface area contributed by atoms with E-state index in [1.165, 1.54) is 7.11 Å². The van der Waals surface area contributed by atoms with E-state index < -0.39 is 12.1 Å². The molecule has 0 rings (SSSR count). The summed E-state index contributed by atoms with van der Waals surface area (Å²) in [5, 5.41) is 2.56. The number of nitrogens with zero attached hydrogens (tertiary/aromatic N) is 1. The van der Waals surface area contributed by atoms with Gasteiger partial charge in [-0.3, -0.25) is 4.79 Å². The van der Waals surface area contributed by atoms with Gasteiger partial charge in [-0.25, -0.2) is 4.79 Å². The molecule has 94 valence electrons. The summed E-state index contributed by atoms with van der Waals surface area (Å²) in [6.45, 7) is 8.89. The molecular weight excluding hydrogens is 208 g/mol. The van der Waals surface area contributed by atoms with Crippen LogP contribution in [-0.2, 0) is 9.53 Å². The molecule has 0 saturated heterocycles. The van der Waals surface area contributed by atoms with Crippen LogP contribution >= 0.6 is 0 Å². The van der Waals surface area contributed by atoms with E-state index in [0.717, 1.165) is 0 Å². The van der Waals surface area contributed by atoms with E-state index in [2.05, 4.69) is 10.1 Å². The zero-order valence-corrected chi connectivity index (χ0v) is 10.7. The zero-order valence-electron chi connectivity index (χ0n) is 10.7. The van der Waals surface area contributed by atoms with Gasteiger partial charge in [-0.1, -0.05) is 13.8 Å². The minimum atomic E-state index is -0.570. The van der Waals surface area contributed by atoms with Crippen LogP contribution in [0.3, 0.4) is 0 Å². The van der Waals surface area contributed by atoms with Gasteiger partial charge in [0.25, 0.3) is 0 Å². The van der Waals surface area contributed by atoms with Crippen LogP contribution in [0.4, 0.5) is 4.79 Å². The Morgan fingerprint density at radius 2 is 1.75 bits per heavy atom. The van der Waals surface area contributed by atoms with Crippen molar-refractivity contribution >= 4 is 12.0 Å². The minimum absolute atomic E-state index is 0.0344. The molecule has 0 aliphatic carbocycles. The Hall–Kier alpha value is -1.26. The van der Waals surface area contributed by atoms with Crippen LogP contribution in [-0.4, -0.2) is 43.1 Å². The highest BCUT2D eigenvalue weighted by atomic mass is 16.5. The molecule has 0 aromatic carbocycles. The van der Waals surface area contributed by atoms with Crippen LogP contribution < -0.4 is 5.32 Å². The van der Waals surface area contributed by atoms with E-state index in [1.807, 2.05) is 27.7 Å². The molecule has 0 heterocycles. The van der Waals surface area contributed by atoms with Crippen LogP contribution in [0.15, 0.2) is 0 Å². The van der Waals surface area contributed by atoms with Crippen molar-refractivity contribution in [3.8, 4) is 0 Å². The molecule has 0 spiro atoms. The molecule has 0 saturated carbocycles. The summed E-state index contributed by atoms with van der Waals surface area (Å²) in [7, 11) is 1.29. The molecule has 1 N–H and O–H groups in total. The van der Waals surface area contributed by atoms with Crippen LogP contribution in [0.1, 0.15) is 27.7 Å². The molecule has 5 heteroatoms. The number of likely N-dealkylation sites (N-methyl/N-ethyl adjacent to an activating group) is 1. The monoisotopic (exact) mass is 230 g/mol. The van der Waals surface area contributed by atoms with Crippen molar-refractivity contribution in [2.45, 2.75) is 33.7 Å². The minimum Gasteiger partial charge on any atom is -0.453 e. The predicted molar refractivity (Wildman–Crippen MR) is 62.1 cm³/mol. The molecular formula is C11H22N2O3. The second kappa shape index (κ2) is 7.09. The summed E-state index contributed by atoms with van der Waals surface area (Å²) in [4.78, 5) is 24.9. The molecule has 0 aromatic rings. The smallest absolute Gasteiger partial charge is 0.407 e. The SMILES string of the molecule is CCN(CC)C(=O)C(NC(=O)OC)C(C)C. The van der Waals surface area contributed by atoms with Crippen molar-refractivity contribution in [3.63, 3.8) is 0 Å². The Morgan fingerprint density at radius 1 is 1.25 bits per heavy atom. The summed E-state index contributed by atoms with van der Waals surface area (Å²) >= 11 is 0. The first-order valence-corrected chi connectivity index (χ1v) is 5.61. The Bertz CT molecular complexity index is 237. The van der Waals surface area contributed by atoms with Crippen LogP contribution in [0.5, 0.6) is 0 Å². The average molecular weight is 230 g/mol. The average Bonchev–Trinajstić information content (AvgIpc) is 2.26. The van der Waals surface area contributed by atoms with E-state index in [9.17, 15) is 9.59 Å². The summed E-state index contributed by atoms with van der Waals surface area (Å²) in [6, 6.07) is -0.521. The summed E-state index contributed by atoms with van der Waals surface area (Å²) in [5.74, 6) is -0.0300. The Morgan fingerprint density at radius 3 is 2.06 bits per heavy atom. The lowest BCUT2D eigenvalue weighted by atomic mass is 10.0. The molecule has 16 heavy (non-hydrogen) atoms. The first-order valence-electron chi connectivity index (χ1n) is 5.61. The summed E-state index contributed by atoms with van der Waals surface area (Å²) < 4.78 is 4.51. The van der Waals surface area contributed by atoms with Crippen molar-refractivity contribution in [2.75, 3.05) is 20.2 Å². The molecule has 0 radical (unpaired) electrons. The molecule has 5 nitrogen and oxygen atoms in total. The lowest BCUT2D eigenvalue weighted by molar-refractivity contribution is -0.134. The van der Waals surface area contributed by atoms with Crippen molar-refractivity contribution < 1.29 is 14.3 Å². The number of alkyl carbamates (subject to hydrolysis) is 1. The maximum atomic E-state index is 12.1. The van der Waals surface area contributed by atoms with Crippen molar-refractivity contribution in [2.24, 2.45) is 5.92 Å². The summed E-state index contributed by atoms with van der Waals surface area (Å²) in [6.07, 6.45) is -0.570. The van der Waals surface area contributed by atoms with E-state index >= 15 is 0 Å². The second-order valence-corrected chi connectivity index (χ2v) is 3.87. The number of hydrogen-bond donors (Lipinski definition) is 1. The fourth-order valence-electron chi connectivity index (χ4n) is 1.43. The molecule has 0 aromatic heterocycles. The van der Waals surface area contributed by atoms with Crippen LogP contribution in [0, 0.1) is 5.92 Å². The third-order valence-corrected chi connectivity index (χ3v) is 2.47. The Balaban J connectivity index is 4.64. The molecule has 1 atom stereocenters. The van der Waals surface area contributed by atoms with Crippen LogP contribution in [0.2, 0.25) is 0 Å².